The summed E-state index contributed by atoms with van der Waals surface area (Å²) in [5, 5.41) is 0. The first-order chi connectivity index (χ1) is 5.06. The van der Waals surface area contributed by atoms with Crippen LogP contribution in [0.2, 0.25) is 0 Å². The zero-order valence-electron chi connectivity index (χ0n) is 5.54. The molecule has 0 bridgehead atoms. The quantitative estimate of drug-likeness (QED) is 0.288. The fourth-order valence-electron chi connectivity index (χ4n) is 0.362. The summed E-state index contributed by atoms with van der Waals surface area (Å²) in [6.45, 7) is 0.00347. The maximum atomic E-state index is 11.6. The predicted octanol–water partition coefficient (Wildman–Crippen LogP) is 2.01. The van der Waals surface area contributed by atoms with Crippen molar-refractivity contribution in [2.75, 3.05) is 12.7 Å². The molecule has 11 heavy (non-hydrogen) atoms. The van der Waals surface area contributed by atoms with Gasteiger partial charge >= 0.3 is 7.76 Å². The van der Waals surface area contributed by atoms with E-state index in [1.165, 1.54) is 12.2 Å². The van der Waals surface area contributed by atoms with E-state index in [0.29, 0.717) is 0 Å². The normalized spacial score (nSPS) is 11.5. The summed E-state index contributed by atoms with van der Waals surface area (Å²) >= 11 is 0. The molecule has 3 nitrogen and oxygen atoms in total. The number of halogens is 2. The van der Waals surface area contributed by atoms with Gasteiger partial charge in [0.25, 0.3) is 0 Å². The summed E-state index contributed by atoms with van der Waals surface area (Å²) in [6, 6.07) is 0. The highest BCUT2D eigenvalue weighted by atomic mass is 31.2. The molecule has 6 heteroatoms. The molecule has 0 aromatic rings. The monoisotopic (exact) mass is 181 g/mol. The van der Waals surface area contributed by atoms with Crippen LogP contribution in [-0.2, 0) is 9.36 Å². The van der Waals surface area contributed by atoms with Crippen molar-refractivity contribution in [3.63, 3.8) is 0 Å². The first-order valence-corrected chi connectivity index (χ1v) is 4.40. The average Bonchev–Trinajstić information content (AvgIpc) is 1.85. The standard InChI is InChI=1S/C5H6F2NO2P/c6-11(7,10)4-2-1-3-8-5-9/h1-2H,3-4H2/b2-1+. The average molecular weight is 181 g/mol. The minimum Gasteiger partial charge on any atom is -0.250 e. The molecule has 0 radical (unpaired) electrons. The van der Waals surface area contributed by atoms with Crippen LogP contribution in [0, 0.1) is 0 Å². The Bertz CT molecular complexity index is 229. The summed E-state index contributed by atoms with van der Waals surface area (Å²) < 4.78 is 33.0. The Labute approximate surface area is 62.4 Å². The van der Waals surface area contributed by atoms with Crippen LogP contribution < -0.4 is 0 Å². The molecule has 0 atom stereocenters. The van der Waals surface area contributed by atoms with E-state index < -0.39 is 13.9 Å². The van der Waals surface area contributed by atoms with E-state index in [-0.39, 0.29) is 6.54 Å². The summed E-state index contributed by atoms with van der Waals surface area (Å²) in [4.78, 5) is 12.5. The Hall–Kier alpha value is -0.790. The van der Waals surface area contributed by atoms with Gasteiger partial charge in [-0.1, -0.05) is 12.2 Å². The summed E-state index contributed by atoms with van der Waals surface area (Å²) in [5.41, 5.74) is 0. The number of nitrogens with zero attached hydrogens (tertiary/aromatic N) is 1. The van der Waals surface area contributed by atoms with Gasteiger partial charge in [0.1, 0.15) is 0 Å². The van der Waals surface area contributed by atoms with Gasteiger partial charge in [0.05, 0.1) is 12.7 Å². The van der Waals surface area contributed by atoms with Crippen molar-refractivity contribution in [3.05, 3.63) is 12.2 Å². The van der Waals surface area contributed by atoms with Gasteiger partial charge in [0.15, 0.2) is 0 Å². The van der Waals surface area contributed by atoms with Gasteiger partial charge in [0, 0.05) is 0 Å². The molecule has 0 aliphatic rings. The lowest BCUT2D eigenvalue weighted by Gasteiger charge is -1.88. The first kappa shape index (κ1) is 10.2. The summed E-state index contributed by atoms with van der Waals surface area (Å²) in [5.74, 6) is 0. The Morgan fingerprint density at radius 2 is 2.09 bits per heavy atom. The summed E-state index contributed by atoms with van der Waals surface area (Å²) in [6.07, 6.45) is 2.73. The lowest BCUT2D eigenvalue weighted by Crippen LogP contribution is -1.74. The van der Waals surface area contributed by atoms with Crippen molar-refractivity contribution in [2.24, 2.45) is 4.99 Å². The number of allylic oxidation sites excluding steroid dienone is 1. The van der Waals surface area contributed by atoms with E-state index in [9.17, 15) is 17.8 Å². The highest BCUT2D eigenvalue weighted by Crippen LogP contribution is 2.48. The van der Waals surface area contributed by atoms with Crippen molar-refractivity contribution in [3.8, 4) is 0 Å². The number of aliphatic imine (C=N–C) groups is 1. The second-order valence-corrected chi connectivity index (χ2v) is 3.16. The molecule has 0 fully saturated rings. The van der Waals surface area contributed by atoms with Gasteiger partial charge in [-0.25, -0.2) is 14.4 Å². The zero-order valence-corrected chi connectivity index (χ0v) is 6.43. The Kier molecular flexibility index (Phi) is 4.59. The van der Waals surface area contributed by atoms with Crippen LogP contribution >= 0.6 is 7.76 Å². The molecule has 0 saturated heterocycles. The zero-order chi connectivity index (χ0) is 8.74. The summed E-state index contributed by atoms with van der Waals surface area (Å²) in [7, 11) is -4.94. The molecule has 0 amide bonds. The van der Waals surface area contributed by atoms with Crippen molar-refractivity contribution in [1.29, 1.82) is 0 Å². The lowest BCUT2D eigenvalue weighted by atomic mass is 10.5. The first-order valence-electron chi connectivity index (χ1n) is 2.73. The van der Waals surface area contributed by atoms with Crippen molar-refractivity contribution >= 4 is 13.8 Å². The van der Waals surface area contributed by atoms with E-state index in [1.807, 2.05) is 0 Å². The van der Waals surface area contributed by atoms with E-state index in [4.69, 9.17) is 0 Å². The SMILES string of the molecule is O=C=NC/C=C/CP(=O)(F)F. The predicted molar refractivity (Wildman–Crippen MR) is 36.8 cm³/mol. The molecule has 0 spiro atoms. The van der Waals surface area contributed by atoms with E-state index >= 15 is 0 Å². The number of hydrogen-bond donors (Lipinski definition) is 0. The minimum absolute atomic E-state index is 0.00347. The third kappa shape index (κ3) is 9.21. The third-order valence-corrected chi connectivity index (χ3v) is 1.38. The molecule has 0 N–H and O–H groups in total. The van der Waals surface area contributed by atoms with E-state index in [1.54, 1.807) is 0 Å². The highest BCUT2D eigenvalue weighted by molar-refractivity contribution is 7.53. The number of rotatable bonds is 4. The van der Waals surface area contributed by atoms with E-state index in [0.717, 1.165) is 6.08 Å². The molecule has 0 heterocycles. The van der Waals surface area contributed by atoms with Gasteiger partial charge in [-0.2, -0.15) is 8.39 Å². The number of isocyanates is 1. The molecule has 0 rings (SSSR count). The van der Waals surface area contributed by atoms with Gasteiger partial charge in [-0.3, -0.25) is 0 Å². The smallest absolute Gasteiger partial charge is 0.250 e. The Balaban J connectivity index is 3.62. The largest absolute Gasteiger partial charge is 0.406 e. The van der Waals surface area contributed by atoms with Crippen LogP contribution in [0.3, 0.4) is 0 Å². The number of hydrogen-bond acceptors (Lipinski definition) is 3. The maximum absolute atomic E-state index is 11.6. The highest BCUT2D eigenvalue weighted by Gasteiger charge is 2.14. The van der Waals surface area contributed by atoms with Gasteiger partial charge in [0.2, 0.25) is 6.08 Å². The lowest BCUT2D eigenvalue weighted by molar-refractivity contribution is 0.498. The second kappa shape index (κ2) is 4.94. The van der Waals surface area contributed by atoms with Crippen LogP contribution in [0.1, 0.15) is 0 Å². The van der Waals surface area contributed by atoms with Gasteiger partial charge < -0.3 is 0 Å². The Morgan fingerprint density at radius 3 is 2.55 bits per heavy atom. The minimum atomic E-state index is -4.94. The maximum Gasteiger partial charge on any atom is 0.406 e. The third-order valence-electron chi connectivity index (χ3n) is 0.746. The number of carbonyl (C=O) groups excluding carboxylic acids is 1. The van der Waals surface area contributed by atoms with Crippen LogP contribution in [0.25, 0.3) is 0 Å². The molecule has 0 aliphatic heterocycles. The van der Waals surface area contributed by atoms with E-state index in [2.05, 4.69) is 4.99 Å². The molecule has 62 valence electrons. The van der Waals surface area contributed by atoms with Crippen LogP contribution in [0.15, 0.2) is 17.1 Å². The van der Waals surface area contributed by atoms with Gasteiger partial charge in [-0.05, 0) is 0 Å². The van der Waals surface area contributed by atoms with Crippen LogP contribution in [0.4, 0.5) is 8.39 Å². The Morgan fingerprint density at radius 1 is 1.45 bits per heavy atom. The van der Waals surface area contributed by atoms with Crippen LogP contribution in [-0.4, -0.2) is 18.8 Å². The van der Waals surface area contributed by atoms with Gasteiger partial charge in [-0.15, -0.1) is 0 Å². The fourth-order valence-corrected chi connectivity index (χ4v) is 0.756. The van der Waals surface area contributed by atoms with Crippen molar-refractivity contribution in [1.82, 2.24) is 0 Å². The fraction of sp³-hybridized carbons (Fsp3) is 0.400. The molecule has 0 aromatic heterocycles. The molecule has 0 saturated carbocycles. The molecule has 0 unspecified atom stereocenters. The molecule has 0 aliphatic carbocycles. The van der Waals surface area contributed by atoms with Crippen molar-refractivity contribution in [2.45, 2.75) is 0 Å². The second-order valence-electron chi connectivity index (χ2n) is 1.66. The molecule has 0 aromatic carbocycles. The van der Waals surface area contributed by atoms with Crippen molar-refractivity contribution < 1.29 is 17.8 Å². The topological polar surface area (TPSA) is 46.5 Å². The molecular weight excluding hydrogens is 175 g/mol. The van der Waals surface area contributed by atoms with Crippen LogP contribution in [0.5, 0.6) is 0 Å². The molecular formula is C5H6F2NO2P.